The van der Waals surface area contributed by atoms with Gasteiger partial charge in [-0.15, -0.1) is 0 Å². The van der Waals surface area contributed by atoms with Crippen LogP contribution in [0.1, 0.15) is 47.3 Å². The largest absolute Gasteiger partial charge is 0.496 e. The summed E-state index contributed by atoms with van der Waals surface area (Å²) in [6.45, 7) is 4.37. The molecule has 0 saturated carbocycles. The molecule has 0 aliphatic carbocycles. The van der Waals surface area contributed by atoms with Crippen LogP contribution < -0.4 is 23.7 Å². The van der Waals surface area contributed by atoms with Crippen LogP contribution in [-0.2, 0) is 4.79 Å². The number of likely N-dealkylation sites (N-methyl/N-ethyl adjacent to an activating group) is 1. The number of rotatable bonds is 9. The van der Waals surface area contributed by atoms with E-state index in [9.17, 15) is 14.7 Å². The van der Waals surface area contributed by atoms with E-state index in [1.807, 2.05) is 13.8 Å². The zero-order chi connectivity index (χ0) is 24.3. The molecule has 1 amide bonds. The average Bonchev–Trinajstić information content (AvgIpc) is 2.81. The van der Waals surface area contributed by atoms with Crippen molar-refractivity contribution in [2.75, 3.05) is 41.6 Å². The summed E-state index contributed by atoms with van der Waals surface area (Å²) in [4.78, 5) is 27.4. The minimum absolute atomic E-state index is 0.257. The normalized spacial score (nSPS) is 17.3. The number of amides is 1. The van der Waals surface area contributed by atoms with Crippen molar-refractivity contribution in [3.8, 4) is 28.7 Å². The number of fused-ring (bicyclic) bond motifs is 1. The quantitative estimate of drug-likeness (QED) is 0.608. The monoisotopic (exact) mass is 459 g/mol. The first-order valence-corrected chi connectivity index (χ1v) is 10.6. The molecule has 0 spiro atoms. The molecular formula is C24H29NO8. The first-order chi connectivity index (χ1) is 15.8. The fraction of sp³-hybridized carbons (Fsp3) is 0.417. The van der Waals surface area contributed by atoms with E-state index in [0.717, 1.165) is 0 Å². The van der Waals surface area contributed by atoms with Gasteiger partial charge in [-0.3, -0.25) is 9.59 Å². The third-order valence-corrected chi connectivity index (χ3v) is 5.65. The number of methoxy groups -OCH3 is 3. The van der Waals surface area contributed by atoms with Crippen LogP contribution in [0.4, 0.5) is 0 Å². The van der Waals surface area contributed by atoms with Crippen molar-refractivity contribution in [1.29, 1.82) is 0 Å². The number of ether oxygens (including phenoxy) is 5. The molecule has 9 heteroatoms. The van der Waals surface area contributed by atoms with Crippen LogP contribution in [0.15, 0.2) is 24.3 Å². The van der Waals surface area contributed by atoms with E-state index in [4.69, 9.17) is 23.7 Å². The lowest BCUT2D eigenvalue weighted by Crippen LogP contribution is -2.42. The smallest absolute Gasteiger partial charge is 0.313 e. The Bertz CT molecular complexity index is 1050. The molecule has 1 heterocycles. The topological polar surface area (TPSA) is 104 Å². The predicted octanol–water partition coefficient (Wildman–Crippen LogP) is 3.50. The first-order valence-electron chi connectivity index (χ1n) is 10.6. The van der Waals surface area contributed by atoms with Gasteiger partial charge in [-0.05, 0) is 37.6 Å². The van der Waals surface area contributed by atoms with Crippen LogP contribution in [0.2, 0.25) is 0 Å². The molecule has 33 heavy (non-hydrogen) atoms. The molecule has 0 unspecified atom stereocenters. The number of hydrogen-bond acceptors (Lipinski definition) is 7. The summed E-state index contributed by atoms with van der Waals surface area (Å²) in [6.07, 6.45) is 0. The second-order valence-corrected chi connectivity index (χ2v) is 7.38. The number of carboxylic acids is 1. The van der Waals surface area contributed by atoms with Crippen molar-refractivity contribution < 1.29 is 38.4 Å². The summed E-state index contributed by atoms with van der Waals surface area (Å²) in [7, 11) is 6.02. The molecule has 1 aliphatic rings. The molecular weight excluding hydrogens is 430 g/mol. The minimum atomic E-state index is -1.09. The highest BCUT2D eigenvalue weighted by Gasteiger charge is 2.45. The van der Waals surface area contributed by atoms with Gasteiger partial charge in [0.2, 0.25) is 0 Å². The Kier molecular flexibility index (Phi) is 7.20. The summed E-state index contributed by atoms with van der Waals surface area (Å²) in [6, 6.07) is 5.54. The van der Waals surface area contributed by atoms with E-state index in [0.29, 0.717) is 53.1 Å². The Morgan fingerprint density at radius 1 is 0.848 bits per heavy atom. The first kappa shape index (κ1) is 24.0. The van der Waals surface area contributed by atoms with Crippen LogP contribution in [0.3, 0.4) is 0 Å². The van der Waals surface area contributed by atoms with Gasteiger partial charge >= 0.3 is 5.97 Å². The number of benzene rings is 2. The fourth-order valence-corrected chi connectivity index (χ4v) is 4.21. The number of aliphatic carboxylic acids is 1. The molecule has 0 radical (unpaired) electrons. The van der Waals surface area contributed by atoms with Crippen LogP contribution in [0, 0.1) is 0 Å². The maximum Gasteiger partial charge on any atom is 0.313 e. The van der Waals surface area contributed by atoms with Gasteiger partial charge < -0.3 is 33.7 Å². The molecule has 3 rings (SSSR count). The van der Waals surface area contributed by atoms with Gasteiger partial charge in [0.1, 0.15) is 11.7 Å². The van der Waals surface area contributed by atoms with Gasteiger partial charge in [0.15, 0.2) is 23.0 Å². The predicted molar refractivity (Wildman–Crippen MR) is 120 cm³/mol. The Morgan fingerprint density at radius 2 is 1.36 bits per heavy atom. The zero-order valence-corrected chi connectivity index (χ0v) is 19.6. The zero-order valence-electron chi connectivity index (χ0n) is 19.6. The average molecular weight is 459 g/mol. The lowest BCUT2D eigenvalue weighted by atomic mass is 9.79. The molecule has 0 fully saturated rings. The number of carbonyl (C=O) groups is 2. The maximum absolute atomic E-state index is 13.4. The van der Waals surface area contributed by atoms with Crippen LogP contribution >= 0.6 is 0 Å². The molecule has 178 valence electrons. The third-order valence-electron chi connectivity index (χ3n) is 5.65. The summed E-state index contributed by atoms with van der Waals surface area (Å²) in [5.74, 6) is -0.545. The van der Waals surface area contributed by atoms with Crippen molar-refractivity contribution in [1.82, 2.24) is 4.90 Å². The molecule has 0 aromatic heterocycles. The Balaban J connectivity index is 2.28. The maximum atomic E-state index is 13.4. The Morgan fingerprint density at radius 3 is 1.88 bits per heavy atom. The van der Waals surface area contributed by atoms with Gasteiger partial charge in [0.05, 0.1) is 40.6 Å². The molecule has 0 bridgehead atoms. The van der Waals surface area contributed by atoms with Crippen molar-refractivity contribution >= 4 is 11.9 Å². The Hall–Kier alpha value is -3.62. The highest BCUT2D eigenvalue weighted by atomic mass is 16.5. The van der Waals surface area contributed by atoms with E-state index in [-0.39, 0.29) is 11.5 Å². The van der Waals surface area contributed by atoms with E-state index >= 15 is 0 Å². The van der Waals surface area contributed by atoms with Gasteiger partial charge in [-0.1, -0.05) is 0 Å². The van der Waals surface area contributed by atoms with Gasteiger partial charge in [0.25, 0.3) is 5.91 Å². The van der Waals surface area contributed by atoms with E-state index in [2.05, 4.69) is 0 Å². The summed E-state index contributed by atoms with van der Waals surface area (Å²) < 4.78 is 27.6. The van der Waals surface area contributed by atoms with Crippen molar-refractivity contribution in [3.05, 3.63) is 41.0 Å². The van der Waals surface area contributed by atoms with Crippen molar-refractivity contribution in [2.45, 2.75) is 25.8 Å². The number of hydrogen-bond donors (Lipinski definition) is 1. The summed E-state index contributed by atoms with van der Waals surface area (Å²) in [5.41, 5.74) is 1.09. The Labute approximate surface area is 192 Å². The van der Waals surface area contributed by atoms with E-state index < -0.39 is 17.9 Å². The van der Waals surface area contributed by atoms with Crippen molar-refractivity contribution in [3.63, 3.8) is 0 Å². The molecule has 2 aromatic carbocycles. The SMILES string of the molecule is CCOc1cc2c(cc1OCC)[C@@H](C(=O)O)[C@@H](c1cc(OC)c(OC)cc1OC)N(C)C2=O. The molecule has 1 N–H and O–H groups in total. The highest BCUT2D eigenvalue weighted by Crippen LogP contribution is 2.49. The lowest BCUT2D eigenvalue weighted by molar-refractivity contribution is -0.140. The number of nitrogens with zero attached hydrogens (tertiary/aromatic N) is 1. The standard InChI is InChI=1S/C24H29NO8/c1-7-32-19-9-13-14(10-20(19)33-8-2)23(26)25(3)22(21(13)24(27)28)15-11-17(30-5)18(31-6)12-16(15)29-4/h9-12,21-22H,7-8H2,1-6H3,(H,27,28)/t21-,22-/m1/s1. The van der Waals surface area contributed by atoms with Crippen LogP contribution in [-0.4, -0.2) is 63.5 Å². The van der Waals surface area contributed by atoms with E-state index in [1.54, 1.807) is 31.3 Å². The number of carboxylic acid groups (broad SMARTS) is 1. The minimum Gasteiger partial charge on any atom is -0.496 e. The molecule has 2 aromatic rings. The van der Waals surface area contributed by atoms with E-state index in [1.165, 1.54) is 26.2 Å². The molecule has 9 nitrogen and oxygen atoms in total. The summed E-state index contributed by atoms with van der Waals surface area (Å²) >= 11 is 0. The van der Waals surface area contributed by atoms with Crippen LogP contribution in [0.25, 0.3) is 0 Å². The lowest BCUT2D eigenvalue weighted by Gasteiger charge is -2.39. The highest BCUT2D eigenvalue weighted by molar-refractivity contribution is 6.01. The summed E-state index contributed by atoms with van der Waals surface area (Å²) in [5, 5.41) is 10.3. The molecule has 1 aliphatic heterocycles. The van der Waals surface area contributed by atoms with Crippen molar-refractivity contribution in [2.24, 2.45) is 0 Å². The fourth-order valence-electron chi connectivity index (χ4n) is 4.21. The van der Waals surface area contributed by atoms with Gasteiger partial charge in [-0.25, -0.2) is 0 Å². The van der Waals surface area contributed by atoms with Gasteiger partial charge in [-0.2, -0.15) is 0 Å². The third kappa shape index (κ3) is 4.22. The molecule has 0 saturated heterocycles. The second-order valence-electron chi connectivity index (χ2n) is 7.38. The van der Waals surface area contributed by atoms with Gasteiger partial charge in [0, 0.05) is 24.2 Å². The number of carbonyl (C=O) groups excluding carboxylic acids is 1. The van der Waals surface area contributed by atoms with Crippen LogP contribution in [0.5, 0.6) is 28.7 Å². The second kappa shape index (κ2) is 9.89. The molecule has 2 atom stereocenters.